The Morgan fingerprint density at radius 2 is 1.79 bits per heavy atom. The zero-order chi connectivity index (χ0) is 16.8. The minimum Gasteiger partial charge on any atom is -0.489 e. The fraction of sp³-hybridized carbons (Fsp3) is 0.158. The van der Waals surface area contributed by atoms with Gasteiger partial charge in [0.1, 0.15) is 25.4 Å². The van der Waals surface area contributed by atoms with Gasteiger partial charge in [0.05, 0.1) is 6.26 Å². The smallest absolute Gasteiger partial charge is 0.157 e. The highest BCUT2D eigenvalue weighted by Crippen LogP contribution is 2.22. The highest BCUT2D eigenvalue weighted by atomic mass is 35.5. The fourth-order valence-corrected chi connectivity index (χ4v) is 2.79. The van der Waals surface area contributed by atoms with Gasteiger partial charge in [-0.15, -0.1) is 0 Å². The Kier molecular flexibility index (Phi) is 5.81. The largest absolute Gasteiger partial charge is 0.489 e. The maximum atomic E-state index is 6.14. The van der Waals surface area contributed by atoms with Crippen molar-refractivity contribution in [1.82, 2.24) is 0 Å². The summed E-state index contributed by atoms with van der Waals surface area (Å²) in [6.45, 7) is 2.14. The number of rotatable bonds is 7. The first-order chi connectivity index (χ1) is 11.7. The van der Waals surface area contributed by atoms with E-state index in [0.717, 1.165) is 30.2 Å². The molecule has 0 saturated carbocycles. The van der Waals surface area contributed by atoms with Crippen molar-refractivity contribution in [2.45, 2.75) is 19.7 Å². The third-order valence-corrected chi connectivity index (χ3v) is 4.23. The van der Waals surface area contributed by atoms with Crippen molar-refractivity contribution in [3.8, 4) is 5.75 Å². The molecular weight excluding hydrogens is 345 g/mol. The molecule has 0 amide bonds. The summed E-state index contributed by atoms with van der Waals surface area (Å²) in [5, 5.41) is 3.44. The molecule has 5 heteroatoms. The zero-order valence-electron chi connectivity index (χ0n) is 13.0. The summed E-state index contributed by atoms with van der Waals surface area (Å²) in [6, 6.07) is 17.4. The molecule has 124 valence electrons. The van der Waals surface area contributed by atoms with Gasteiger partial charge in [0.15, 0.2) is 5.76 Å². The van der Waals surface area contributed by atoms with Crippen molar-refractivity contribution < 1.29 is 14.5 Å². The molecule has 3 rings (SSSR count). The summed E-state index contributed by atoms with van der Waals surface area (Å²) in [7, 11) is 0. The Morgan fingerprint density at radius 1 is 0.958 bits per heavy atom. The van der Waals surface area contributed by atoms with Crippen LogP contribution in [0, 0.1) is 0 Å². The van der Waals surface area contributed by atoms with E-state index in [4.69, 9.17) is 32.4 Å². The molecule has 0 aliphatic rings. The van der Waals surface area contributed by atoms with Gasteiger partial charge in [0, 0.05) is 21.2 Å². The lowest BCUT2D eigenvalue weighted by Crippen LogP contribution is -2.80. The summed E-state index contributed by atoms with van der Waals surface area (Å²) < 4.78 is 11.1. The molecule has 0 bridgehead atoms. The molecule has 0 radical (unpaired) electrons. The van der Waals surface area contributed by atoms with Crippen molar-refractivity contribution in [2.24, 2.45) is 0 Å². The van der Waals surface area contributed by atoms with E-state index in [1.165, 1.54) is 5.56 Å². The average molecular weight is 363 g/mol. The maximum Gasteiger partial charge on any atom is 0.157 e. The van der Waals surface area contributed by atoms with Crippen LogP contribution in [-0.4, -0.2) is 0 Å². The number of hydrogen-bond acceptors (Lipinski definition) is 2. The molecular formula is C19H18Cl2NO2+. The van der Waals surface area contributed by atoms with Crippen LogP contribution in [-0.2, 0) is 19.7 Å². The highest BCUT2D eigenvalue weighted by Gasteiger charge is 2.04. The first-order valence-electron chi connectivity index (χ1n) is 7.70. The van der Waals surface area contributed by atoms with Gasteiger partial charge in [0.25, 0.3) is 0 Å². The molecule has 1 heterocycles. The minimum atomic E-state index is 0.417. The van der Waals surface area contributed by atoms with E-state index in [1.807, 2.05) is 36.4 Å². The van der Waals surface area contributed by atoms with Crippen LogP contribution in [0.15, 0.2) is 65.3 Å². The van der Waals surface area contributed by atoms with Crippen LogP contribution in [0.1, 0.15) is 16.9 Å². The fourth-order valence-electron chi connectivity index (χ4n) is 2.33. The van der Waals surface area contributed by atoms with Gasteiger partial charge in [-0.3, -0.25) is 0 Å². The van der Waals surface area contributed by atoms with Crippen molar-refractivity contribution in [1.29, 1.82) is 0 Å². The Labute approximate surface area is 151 Å². The van der Waals surface area contributed by atoms with Gasteiger partial charge < -0.3 is 14.5 Å². The normalized spacial score (nSPS) is 10.8. The molecule has 3 aromatic rings. The van der Waals surface area contributed by atoms with Gasteiger partial charge in [0.2, 0.25) is 0 Å². The van der Waals surface area contributed by atoms with E-state index >= 15 is 0 Å². The Hall–Kier alpha value is -1.94. The second kappa shape index (κ2) is 8.25. The first kappa shape index (κ1) is 16.9. The minimum absolute atomic E-state index is 0.417. The van der Waals surface area contributed by atoms with Gasteiger partial charge in [-0.2, -0.15) is 0 Å². The van der Waals surface area contributed by atoms with E-state index in [-0.39, 0.29) is 0 Å². The summed E-state index contributed by atoms with van der Waals surface area (Å²) >= 11 is 12.0. The summed E-state index contributed by atoms with van der Waals surface area (Å²) in [4.78, 5) is 0. The highest BCUT2D eigenvalue weighted by molar-refractivity contribution is 6.35. The predicted octanol–water partition coefficient (Wildman–Crippen LogP) is 4.43. The van der Waals surface area contributed by atoms with Gasteiger partial charge in [-0.25, -0.2) is 0 Å². The second-order valence-electron chi connectivity index (χ2n) is 5.44. The molecule has 0 saturated heterocycles. The summed E-state index contributed by atoms with van der Waals surface area (Å²) in [5.74, 6) is 1.80. The maximum absolute atomic E-state index is 6.14. The van der Waals surface area contributed by atoms with E-state index in [0.29, 0.717) is 16.7 Å². The number of ether oxygens (including phenoxy) is 1. The van der Waals surface area contributed by atoms with Crippen molar-refractivity contribution in [3.05, 3.63) is 87.8 Å². The molecule has 0 spiro atoms. The molecule has 0 fully saturated rings. The van der Waals surface area contributed by atoms with Crippen LogP contribution in [0.5, 0.6) is 5.75 Å². The molecule has 2 N–H and O–H groups in total. The van der Waals surface area contributed by atoms with Crippen molar-refractivity contribution in [3.63, 3.8) is 0 Å². The Morgan fingerprint density at radius 3 is 2.50 bits per heavy atom. The van der Waals surface area contributed by atoms with Gasteiger partial charge in [-0.05, 0) is 48.5 Å². The molecule has 3 nitrogen and oxygen atoms in total. The third kappa shape index (κ3) is 4.78. The van der Waals surface area contributed by atoms with Crippen LogP contribution in [0.2, 0.25) is 10.0 Å². The number of benzene rings is 2. The molecule has 0 atom stereocenters. The molecule has 0 unspecified atom stereocenters. The lowest BCUT2D eigenvalue weighted by atomic mass is 10.2. The van der Waals surface area contributed by atoms with Crippen LogP contribution in [0.4, 0.5) is 0 Å². The predicted molar refractivity (Wildman–Crippen MR) is 95.3 cm³/mol. The Bertz CT molecular complexity index is 771. The SMILES string of the molecule is Clc1ccc(COc2ccc(C[NH2+]Cc3ccco3)cc2)c(Cl)c1. The standard InChI is InChI=1S/C19H17Cl2NO2/c20-16-6-5-15(19(21)10-16)13-24-17-7-3-14(4-8-17)11-22-12-18-2-1-9-23-18/h1-10,22H,11-13H2/p+1. The summed E-state index contributed by atoms with van der Waals surface area (Å²) in [6.07, 6.45) is 1.70. The Balaban J connectivity index is 1.49. The van der Waals surface area contributed by atoms with E-state index in [1.54, 1.807) is 12.3 Å². The van der Waals surface area contributed by atoms with Gasteiger partial charge in [-0.1, -0.05) is 29.3 Å². The topological polar surface area (TPSA) is 39.0 Å². The zero-order valence-corrected chi connectivity index (χ0v) is 14.6. The van der Waals surface area contributed by atoms with Gasteiger partial charge >= 0.3 is 0 Å². The van der Waals surface area contributed by atoms with Crippen LogP contribution >= 0.6 is 23.2 Å². The summed E-state index contributed by atoms with van der Waals surface area (Å²) in [5.41, 5.74) is 2.15. The number of nitrogens with two attached hydrogens (primary N) is 1. The van der Waals surface area contributed by atoms with Crippen molar-refractivity contribution in [2.75, 3.05) is 0 Å². The number of halogens is 2. The lowest BCUT2D eigenvalue weighted by molar-refractivity contribution is -0.687. The van der Waals surface area contributed by atoms with Crippen LogP contribution in [0.25, 0.3) is 0 Å². The number of hydrogen-bond donors (Lipinski definition) is 1. The number of quaternary nitrogens is 1. The third-order valence-electron chi connectivity index (χ3n) is 3.64. The van der Waals surface area contributed by atoms with E-state index in [9.17, 15) is 0 Å². The van der Waals surface area contributed by atoms with E-state index < -0.39 is 0 Å². The monoisotopic (exact) mass is 362 g/mol. The van der Waals surface area contributed by atoms with Crippen molar-refractivity contribution >= 4 is 23.2 Å². The number of furan rings is 1. The lowest BCUT2D eigenvalue weighted by Gasteiger charge is -2.09. The molecule has 0 aliphatic heterocycles. The second-order valence-corrected chi connectivity index (χ2v) is 6.29. The molecule has 2 aromatic carbocycles. The van der Waals surface area contributed by atoms with Crippen LogP contribution in [0.3, 0.4) is 0 Å². The molecule has 1 aromatic heterocycles. The molecule has 24 heavy (non-hydrogen) atoms. The van der Waals surface area contributed by atoms with E-state index in [2.05, 4.69) is 17.4 Å². The average Bonchev–Trinajstić information content (AvgIpc) is 3.09. The van der Waals surface area contributed by atoms with Crippen LogP contribution < -0.4 is 10.1 Å². The molecule has 0 aliphatic carbocycles. The first-order valence-corrected chi connectivity index (χ1v) is 8.46. The quantitative estimate of drug-likeness (QED) is 0.675.